The molecule has 2 aliphatic heterocycles. The molecule has 154 valence electrons. The number of hydrogen-bond acceptors (Lipinski definition) is 4. The van der Waals surface area contributed by atoms with Gasteiger partial charge in [0.2, 0.25) is 5.91 Å². The van der Waals surface area contributed by atoms with Crippen LogP contribution in [-0.4, -0.2) is 46.3 Å². The lowest BCUT2D eigenvalue weighted by Gasteiger charge is -2.44. The molecule has 1 amide bonds. The molecule has 2 fully saturated rings. The molecule has 1 aromatic heterocycles. The van der Waals surface area contributed by atoms with Crippen molar-refractivity contribution in [3.8, 4) is 11.3 Å². The molecule has 0 unspecified atom stereocenters. The van der Waals surface area contributed by atoms with Crippen molar-refractivity contribution in [2.24, 2.45) is 5.92 Å². The number of piperidine rings is 2. The summed E-state index contributed by atoms with van der Waals surface area (Å²) in [6.07, 6.45) is 6.15. The Labute approximate surface area is 175 Å². The van der Waals surface area contributed by atoms with Crippen molar-refractivity contribution < 1.29 is 4.79 Å². The first-order chi connectivity index (χ1) is 14.1. The Morgan fingerprint density at radius 1 is 1.07 bits per heavy atom. The van der Waals surface area contributed by atoms with Gasteiger partial charge in [0.15, 0.2) is 0 Å². The van der Waals surface area contributed by atoms with Gasteiger partial charge in [-0.25, -0.2) is 4.68 Å². The van der Waals surface area contributed by atoms with Crippen LogP contribution in [0.2, 0.25) is 5.02 Å². The first-order valence-electron chi connectivity index (χ1n) is 10.4. The van der Waals surface area contributed by atoms with Crippen LogP contribution >= 0.6 is 11.6 Å². The van der Waals surface area contributed by atoms with E-state index in [-0.39, 0.29) is 18.0 Å². The molecule has 6 nitrogen and oxygen atoms in total. The van der Waals surface area contributed by atoms with E-state index in [2.05, 4.69) is 15.3 Å². The van der Waals surface area contributed by atoms with Crippen molar-refractivity contribution in [2.45, 2.75) is 44.7 Å². The normalized spacial score (nSPS) is 22.1. The van der Waals surface area contributed by atoms with Crippen LogP contribution in [0.3, 0.4) is 0 Å². The third kappa shape index (κ3) is 4.87. The molecule has 29 heavy (non-hydrogen) atoms. The maximum atomic E-state index is 12.5. The highest BCUT2D eigenvalue weighted by Crippen LogP contribution is 2.30. The van der Waals surface area contributed by atoms with E-state index in [0.717, 1.165) is 12.0 Å². The molecule has 1 aromatic carbocycles. The van der Waals surface area contributed by atoms with Gasteiger partial charge in [-0.3, -0.25) is 9.59 Å². The molecule has 0 saturated carbocycles. The zero-order valence-electron chi connectivity index (χ0n) is 16.5. The standard InChI is InChI=1S/C22H27ClN4O2/c23-18-8-6-16(7-9-18)19-10-11-22(29)27(25-19)15-21(28)24-14-17-4-3-13-26-12-2-1-5-20(17)26/h6-11,17,20H,1-5,12-15H2,(H,24,28)/t17-,20+/m0/s1. The van der Waals surface area contributed by atoms with Crippen LogP contribution < -0.4 is 10.9 Å². The summed E-state index contributed by atoms with van der Waals surface area (Å²) in [5, 5.41) is 8.05. The molecule has 4 rings (SSSR count). The molecule has 7 heteroatoms. The van der Waals surface area contributed by atoms with Gasteiger partial charge in [-0.1, -0.05) is 30.2 Å². The van der Waals surface area contributed by atoms with E-state index >= 15 is 0 Å². The molecule has 0 bridgehead atoms. The van der Waals surface area contributed by atoms with Gasteiger partial charge < -0.3 is 10.2 Å². The predicted molar refractivity (Wildman–Crippen MR) is 114 cm³/mol. The molecule has 2 atom stereocenters. The van der Waals surface area contributed by atoms with Gasteiger partial charge in [-0.05, 0) is 62.9 Å². The van der Waals surface area contributed by atoms with Gasteiger partial charge in [-0.15, -0.1) is 0 Å². The van der Waals surface area contributed by atoms with Crippen LogP contribution in [0.5, 0.6) is 0 Å². The number of carbonyl (C=O) groups is 1. The fourth-order valence-electron chi connectivity index (χ4n) is 4.59. The van der Waals surface area contributed by atoms with Crippen molar-refractivity contribution in [1.82, 2.24) is 20.0 Å². The van der Waals surface area contributed by atoms with Crippen LogP contribution in [0, 0.1) is 5.92 Å². The van der Waals surface area contributed by atoms with Crippen LogP contribution in [0.15, 0.2) is 41.2 Å². The van der Waals surface area contributed by atoms with Crippen molar-refractivity contribution in [3.63, 3.8) is 0 Å². The smallest absolute Gasteiger partial charge is 0.267 e. The number of hydrogen-bond donors (Lipinski definition) is 1. The van der Waals surface area contributed by atoms with Crippen LogP contribution in [0.4, 0.5) is 0 Å². The summed E-state index contributed by atoms with van der Waals surface area (Å²) in [6, 6.07) is 11.0. The Morgan fingerprint density at radius 3 is 2.69 bits per heavy atom. The quantitative estimate of drug-likeness (QED) is 0.816. The van der Waals surface area contributed by atoms with Crippen molar-refractivity contribution >= 4 is 17.5 Å². The van der Waals surface area contributed by atoms with Crippen LogP contribution in [0.25, 0.3) is 11.3 Å². The molecule has 0 spiro atoms. The Hall–Kier alpha value is -2.18. The summed E-state index contributed by atoms with van der Waals surface area (Å²) < 4.78 is 1.23. The number of amides is 1. The predicted octanol–water partition coefficient (Wildman–Crippen LogP) is 2.94. The van der Waals surface area contributed by atoms with E-state index in [4.69, 9.17) is 11.6 Å². The van der Waals surface area contributed by atoms with E-state index < -0.39 is 0 Å². The summed E-state index contributed by atoms with van der Waals surface area (Å²) in [5.41, 5.74) is 1.20. The third-order valence-corrected chi connectivity index (χ3v) is 6.34. The lowest BCUT2D eigenvalue weighted by molar-refractivity contribution is -0.122. The first kappa shape index (κ1) is 20.1. The number of aromatic nitrogens is 2. The van der Waals surface area contributed by atoms with Crippen molar-refractivity contribution in [1.29, 1.82) is 0 Å². The van der Waals surface area contributed by atoms with Gasteiger partial charge in [0, 0.05) is 29.2 Å². The number of rotatable bonds is 5. The van der Waals surface area contributed by atoms with Crippen molar-refractivity contribution in [3.05, 3.63) is 51.8 Å². The Bertz CT molecular complexity index is 910. The second kappa shape index (κ2) is 9.09. The number of carbonyl (C=O) groups excluding carboxylic acids is 1. The zero-order valence-corrected chi connectivity index (χ0v) is 17.3. The molecule has 0 radical (unpaired) electrons. The van der Waals surface area contributed by atoms with Crippen LogP contribution in [-0.2, 0) is 11.3 Å². The fraction of sp³-hybridized carbons (Fsp3) is 0.500. The monoisotopic (exact) mass is 414 g/mol. The molecular formula is C22H27ClN4O2. The molecule has 2 aliphatic rings. The minimum Gasteiger partial charge on any atom is -0.354 e. The minimum absolute atomic E-state index is 0.0681. The summed E-state index contributed by atoms with van der Waals surface area (Å²) >= 11 is 5.93. The molecule has 0 aliphatic carbocycles. The Kier molecular flexibility index (Phi) is 6.31. The number of halogens is 1. The highest BCUT2D eigenvalue weighted by molar-refractivity contribution is 6.30. The third-order valence-electron chi connectivity index (χ3n) is 6.09. The topological polar surface area (TPSA) is 67.2 Å². The fourth-order valence-corrected chi connectivity index (χ4v) is 4.71. The number of fused-ring (bicyclic) bond motifs is 1. The van der Waals surface area contributed by atoms with Gasteiger partial charge in [0.25, 0.3) is 5.56 Å². The van der Waals surface area contributed by atoms with Gasteiger partial charge >= 0.3 is 0 Å². The summed E-state index contributed by atoms with van der Waals surface area (Å²) in [6.45, 7) is 2.98. The summed E-state index contributed by atoms with van der Waals surface area (Å²) in [5.74, 6) is 0.332. The largest absolute Gasteiger partial charge is 0.354 e. The zero-order chi connectivity index (χ0) is 20.2. The second-order valence-corrected chi connectivity index (χ2v) is 8.46. The van der Waals surface area contributed by atoms with Gasteiger partial charge in [0.1, 0.15) is 6.54 Å². The average Bonchev–Trinajstić information content (AvgIpc) is 2.74. The van der Waals surface area contributed by atoms with Gasteiger partial charge in [0.05, 0.1) is 5.69 Å². The Balaban J connectivity index is 1.38. The summed E-state index contributed by atoms with van der Waals surface area (Å²) in [7, 11) is 0. The lowest BCUT2D eigenvalue weighted by atomic mass is 9.83. The number of nitrogens with one attached hydrogen (secondary N) is 1. The van der Waals surface area contributed by atoms with E-state index in [9.17, 15) is 9.59 Å². The lowest BCUT2D eigenvalue weighted by Crippen LogP contribution is -2.51. The minimum atomic E-state index is -0.283. The average molecular weight is 415 g/mol. The first-order valence-corrected chi connectivity index (χ1v) is 10.8. The summed E-state index contributed by atoms with van der Waals surface area (Å²) in [4.78, 5) is 27.3. The van der Waals surface area contributed by atoms with Crippen LogP contribution in [0.1, 0.15) is 32.1 Å². The second-order valence-electron chi connectivity index (χ2n) is 8.03. The van der Waals surface area contributed by atoms with Crippen molar-refractivity contribution in [2.75, 3.05) is 19.6 Å². The molecule has 2 saturated heterocycles. The SMILES string of the molecule is O=C(Cn1nc(-c2ccc(Cl)cc2)ccc1=O)NC[C@@H]1CCCN2CCCC[C@H]12. The van der Waals surface area contributed by atoms with E-state index in [1.54, 1.807) is 18.2 Å². The van der Waals surface area contributed by atoms with E-state index in [1.165, 1.54) is 49.5 Å². The molecule has 2 aromatic rings. The maximum absolute atomic E-state index is 12.5. The molecular weight excluding hydrogens is 388 g/mol. The molecule has 3 heterocycles. The van der Waals surface area contributed by atoms with E-state index in [1.807, 2.05) is 12.1 Å². The Morgan fingerprint density at radius 2 is 1.86 bits per heavy atom. The highest BCUT2D eigenvalue weighted by Gasteiger charge is 2.32. The van der Waals surface area contributed by atoms with Gasteiger partial charge in [-0.2, -0.15) is 5.10 Å². The highest BCUT2D eigenvalue weighted by atomic mass is 35.5. The van der Waals surface area contributed by atoms with E-state index in [0.29, 0.717) is 29.2 Å². The number of nitrogens with zero attached hydrogens (tertiary/aromatic N) is 3. The number of benzene rings is 1. The maximum Gasteiger partial charge on any atom is 0.267 e. The molecule has 1 N–H and O–H groups in total.